The summed E-state index contributed by atoms with van der Waals surface area (Å²) in [7, 11) is -2.21. The van der Waals surface area contributed by atoms with Gasteiger partial charge >= 0.3 is 6.09 Å². The first-order valence-corrected chi connectivity index (χ1v) is 15.3. The molecule has 6 heteroatoms. The van der Waals surface area contributed by atoms with E-state index in [1.54, 1.807) is 4.90 Å². The maximum Gasteiger partial charge on any atom is 0.414 e. The Bertz CT molecular complexity index is 967. The van der Waals surface area contributed by atoms with Gasteiger partial charge in [0.05, 0.1) is 12.6 Å². The third kappa shape index (κ3) is 5.41. The van der Waals surface area contributed by atoms with Crippen molar-refractivity contribution in [2.75, 3.05) is 0 Å². The zero-order chi connectivity index (χ0) is 25.8. The van der Waals surface area contributed by atoms with E-state index in [0.29, 0.717) is 23.2 Å². The molecule has 1 aromatic rings. The van der Waals surface area contributed by atoms with Gasteiger partial charge < -0.3 is 9.47 Å². The van der Waals surface area contributed by atoms with Crippen LogP contribution >= 0.6 is 0 Å². The van der Waals surface area contributed by atoms with Crippen LogP contribution in [0.4, 0.5) is 4.79 Å². The summed E-state index contributed by atoms with van der Waals surface area (Å²) < 4.78 is 12.1. The van der Waals surface area contributed by atoms with Gasteiger partial charge in [-0.2, -0.15) is 0 Å². The number of carbonyl (C=O) groups excluding carboxylic acids is 2. The van der Waals surface area contributed by atoms with Gasteiger partial charge in [0.15, 0.2) is 18.0 Å². The Balaban J connectivity index is 1.94. The summed E-state index contributed by atoms with van der Waals surface area (Å²) in [5.74, 6) is 6.52. The SMILES string of the molecule is CCCC#C[C@H](OCc1ccccc1)[C@@H]1OC(=O)N2C=C([Si](C(C)C)(C(C)C)C(C)C)C(=O)C[C@H]12. The second-order valence-electron chi connectivity index (χ2n) is 10.7. The van der Waals surface area contributed by atoms with E-state index in [2.05, 4.69) is 60.3 Å². The maximum absolute atomic E-state index is 13.7. The average Bonchev–Trinajstić information content (AvgIpc) is 3.12. The van der Waals surface area contributed by atoms with Crippen LogP contribution in [0.3, 0.4) is 0 Å². The van der Waals surface area contributed by atoms with E-state index < -0.39 is 32.4 Å². The fraction of sp³-hybridized carbons (Fsp3) is 0.586. The molecule has 0 N–H and O–H groups in total. The average molecular weight is 496 g/mol. The van der Waals surface area contributed by atoms with Gasteiger partial charge in [-0.3, -0.25) is 9.69 Å². The highest BCUT2D eigenvalue weighted by Crippen LogP contribution is 2.49. The van der Waals surface area contributed by atoms with E-state index in [-0.39, 0.29) is 12.2 Å². The van der Waals surface area contributed by atoms with Crippen molar-refractivity contribution in [1.29, 1.82) is 0 Å². The highest BCUT2D eigenvalue weighted by molar-refractivity contribution is 6.93. The quantitative estimate of drug-likeness (QED) is 0.285. The van der Waals surface area contributed by atoms with E-state index in [9.17, 15) is 9.59 Å². The summed E-state index contributed by atoms with van der Waals surface area (Å²) in [6.07, 6.45) is 2.18. The topological polar surface area (TPSA) is 55.8 Å². The third-order valence-corrected chi connectivity index (χ3v) is 14.7. The van der Waals surface area contributed by atoms with Crippen LogP contribution in [0.15, 0.2) is 41.7 Å². The van der Waals surface area contributed by atoms with Gasteiger partial charge in [0.2, 0.25) is 0 Å². The third-order valence-electron chi connectivity index (χ3n) is 7.67. The fourth-order valence-corrected chi connectivity index (χ4v) is 13.1. The molecule has 0 unspecified atom stereocenters. The first kappa shape index (κ1) is 27.2. The molecule has 0 spiro atoms. The van der Waals surface area contributed by atoms with Crippen molar-refractivity contribution in [3.63, 3.8) is 0 Å². The van der Waals surface area contributed by atoms with E-state index >= 15 is 0 Å². The number of rotatable bonds is 9. The molecule has 1 saturated heterocycles. The molecule has 1 amide bonds. The zero-order valence-corrected chi connectivity index (χ0v) is 23.3. The van der Waals surface area contributed by atoms with E-state index in [1.807, 2.05) is 36.5 Å². The number of allylic oxidation sites excluding steroid dienone is 1. The number of carbonyl (C=O) groups is 2. The molecule has 0 saturated carbocycles. The number of ether oxygens (including phenoxy) is 2. The van der Waals surface area contributed by atoms with Crippen LogP contribution in [0.2, 0.25) is 16.6 Å². The molecule has 1 aromatic carbocycles. The molecule has 190 valence electrons. The predicted octanol–water partition coefficient (Wildman–Crippen LogP) is 6.64. The summed E-state index contributed by atoms with van der Waals surface area (Å²) in [5.41, 5.74) is 2.17. The van der Waals surface area contributed by atoms with Crippen LogP contribution < -0.4 is 0 Å². The molecule has 0 aliphatic carbocycles. The van der Waals surface area contributed by atoms with Crippen molar-refractivity contribution in [3.05, 3.63) is 47.3 Å². The standard InChI is InChI=1S/C29H41NO4Si/c1-8-9-11-16-26(33-19-23-14-12-10-13-15-23)28-24-17-25(31)27(18-30(24)29(32)34-28)35(20(2)3,21(4)5)22(6)7/h10,12-15,18,20-22,24,26,28H,8-9,17,19H2,1-7H3/t24-,26+,28-/m1/s1. The van der Waals surface area contributed by atoms with E-state index in [0.717, 1.165) is 23.6 Å². The Morgan fingerprint density at radius 1 is 1.06 bits per heavy atom. The molecule has 0 aromatic heterocycles. The number of cyclic esters (lactones) is 1. The van der Waals surface area contributed by atoms with Crippen LogP contribution in [0.1, 0.15) is 73.3 Å². The minimum Gasteiger partial charge on any atom is -0.440 e. The number of hydrogen-bond acceptors (Lipinski definition) is 4. The van der Waals surface area contributed by atoms with E-state index in [4.69, 9.17) is 9.47 Å². The van der Waals surface area contributed by atoms with Gasteiger partial charge in [-0.1, -0.05) is 84.7 Å². The minimum atomic E-state index is -2.21. The molecule has 5 nitrogen and oxygen atoms in total. The molecule has 1 fully saturated rings. The first-order valence-electron chi connectivity index (χ1n) is 13.0. The number of nitrogens with zero attached hydrogens (tertiary/aromatic N) is 1. The summed E-state index contributed by atoms with van der Waals surface area (Å²) in [4.78, 5) is 28.4. The molecule has 35 heavy (non-hydrogen) atoms. The zero-order valence-electron chi connectivity index (χ0n) is 22.3. The number of ketones is 1. The predicted molar refractivity (Wildman–Crippen MR) is 142 cm³/mol. The number of benzene rings is 1. The number of Topliss-reactive ketones (excluding diaryl/α,β-unsaturated/α-hetero) is 1. The lowest BCUT2D eigenvalue weighted by molar-refractivity contribution is -0.117. The van der Waals surface area contributed by atoms with Crippen molar-refractivity contribution >= 4 is 20.0 Å². The Morgan fingerprint density at radius 3 is 2.26 bits per heavy atom. The Morgan fingerprint density at radius 2 is 1.69 bits per heavy atom. The monoisotopic (exact) mass is 495 g/mol. The van der Waals surface area contributed by atoms with Crippen LogP contribution in [0.25, 0.3) is 0 Å². The Kier molecular flexibility index (Phi) is 9.01. The molecular weight excluding hydrogens is 454 g/mol. The van der Waals surface area contributed by atoms with Crippen LogP contribution in [-0.2, 0) is 20.9 Å². The van der Waals surface area contributed by atoms with Crippen LogP contribution in [-0.4, -0.2) is 43.1 Å². The molecule has 0 radical (unpaired) electrons. The summed E-state index contributed by atoms with van der Waals surface area (Å²) in [6, 6.07) is 9.49. The Labute approximate surface area is 212 Å². The number of unbranched alkanes of at least 4 members (excludes halogenated alkanes) is 1. The summed E-state index contributed by atoms with van der Waals surface area (Å²) in [6.45, 7) is 15.8. The maximum atomic E-state index is 13.7. The van der Waals surface area contributed by atoms with Gasteiger partial charge in [0.25, 0.3) is 0 Å². The Hall–Kier alpha value is -2.36. The molecule has 2 aliphatic heterocycles. The number of fused-ring (bicyclic) bond motifs is 1. The summed E-state index contributed by atoms with van der Waals surface area (Å²) in [5, 5.41) is 0.880. The second-order valence-corrected chi connectivity index (χ2v) is 16.5. The highest BCUT2D eigenvalue weighted by Gasteiger charge is 2.54. The van der Waals surface area contributed by atoms with Gasteiger partial charge in [0.1, 0.15) is 8.07 Å². The molecule has 3 rings (SSSR count). The van der Waals surface area contributed by atoms with Crippen LogP contribution in [0, 0.1) is 11.8 Å². The van der Waals surface area contributed by atoms with Gasteiger partial charge in [-0.05, 0) is 33.8 Å². The fourth-order valence-electron chi connectivity index (χ4n) is 6.25. The van der Waals surface area contributed by atoms with Gasteiger partial charge in [-0.25, -0.2) is 4.79 Å². The van der Waals surface area contributed by atoms with Crippen molar-refractivity contribution in [2.45, 2.75) is 109 Å². The molecule has 2 heterocycles. The van der Waals surface area contributed by atoms with Crippen molar-refractivity contribution in [3.8, 4) is 11.8 Å². The van der Waals surface area contributed by atoms with Crippen molar-refractivity contribution in [1.82, 2.24) is 4.90 Å². The first-order chi connectivity index (χ1) is 16.6. The van der Waals surface area contributed by atoms with Gasteiger partial charge in [0, 0.05) is 19.0 Å². The summed E-state index contributed by atoms with van der Waals surface area (Å²) >= 11 is 0. The molecule has 0 bridgehead atoms. The number of amides is 1. The lowest BCUT2D eigenvalue weighted by atomic mass is 9.97. The van der Waals surface area contributed by atoms with Crippen LogP contribution in [0.5, 0.6) is 0 Å². The minimum absolute atomic E-state index is 0.153. The van der Waals surface area contributed by atoms with Gasteiger partial charge in [-0.15, -0.1) is 5.92 Å². The lowest BCUT2D eigenvalue weighted by Gasteiger charge is -2.46. The molecular formula is C29H41NO4Si. The van der Waals surface area contributed by atoms with Crippen molar-refractivity contribution in [2.24, 2.45) is 0 Å². The van der Waals surface area contributed by atoms with Crippen molar-refractivity contribution < 1.29 is 19.1 Å². The number of hydrogen-bond donors (Lipinski definition) is 0. The second kappa shape index (κ2) is 11.6. The largest absolute Gasteiger partial charge is 0.440 e. The van der Waals surface area contributed by atoms with E-state index in [1.165, 1.54) is 0 Å². The normalized spacial score (nSPS) is 21.1. The molecule has 2 aliphatic rings. The smallest absolute Gasteiger partial charge is 0.414 e. The lowest BCUT2D eigenvalue weighted by Crippen LogP contribution is -2.53. The highest BCUT2D eigenvalue weighted by atomic mass is 28.3. The molecule has 3 atom stereocenters.